The van der Waals surface area contributed by atoms with Gasteiger partial charge < -0.3 is 5.32 Å². The first-order valence-electron chi connectivity index (χ1n) is 4.91. The summed E-state index contributed by atoms with van der Waals surface area (Å²) in [6.45, 7) is 0. The van der Waals surface area contributed by atoms with E-state index < -0.39 is 0 Å². The summed E-state index contributed by atoms with van der Waals surface area (Å²) >= 11 is 11.4. The first kappa shape index (κ1) is 11.6. The maximum atomic E-state index is 6.01. The van der Waals surface area contributed by atoms with Gasteiger partial charge in [-0.2, -0.15) is 11.8 Å². The molecular weight excluding hydrogens is 296 g/mol. The van der Waals surface area contributed by atoms with Gasteiger partial charge >= 0.3 is 0 Å². The van der Waals surface area contributed by atoms with Gasteiger partial charge in [0, 0.05) is 22.5 Å². The lowest BCUT2D eigenvalue weighted by Crippen LogP contribution is -2.25. The number of nitrogens with zero attached hydrogens (tertiary/aromatic N) is 1. The molecule has 0 aromatic carbocycles. The average molecular weight is 308 g/mol. The molecule has 1 fully saturated rings. The standard InChI is InChI=1S/C10H12BrClN2S/c11-7-4-9(10(12)13-5-7)14-8-2-1-3-15-6-8/h4-5,8,14H,1-3,6H2. The van der Waals surface area contributed by atoms with Gasteiger partial charge in [0.05, 0.1) is 5.69 Å². The summed E-state index contributed by atoms with van der Waals surface area (Å²) < 4.78 is 0.956. The third-order valence-corrected chi connectivity index (χ3v) is 4.28. The molecule has 5 heteroatoms. The molecule has 1 aliphatic rings. The fraction of sp³-hybridized carbons (Fsp3) is 0.500. The van der Waals surface area contributed by atoms with E-state index in [-0.39, 0.29) is 0 Å². The van der Waals surface area contributed by atoms with Gasteiger partial charge in [0.1, 0.15) is 0 Å². The Morgan fingerprint density at radius 2 is 2.47 bits per heavy atom. The zero-order chi connectivity index (χ0) is 10.7. The molecule has 0 bridgehead atoms. The van der Waals surface area contributed by atoms with Crippen molar-refractivity contribution in [3.63, 3.8) is 0 Å². The Balaban J connectivity index is 2.05. The zero-order valence-electron chi connectivity index (χ0n) is 8.17. The predicted molar refractivity (Wildman–Crippen MR) is 70.9 cm³/mol. The smallest absolute Gasteiger partial charge is 0.152 e. The van der Waals surface area contributed by atoms with E-state index in [4.69, 9.17) is 11.6 Å². The Kier molecular flexibility index (Phi) is 4.17. The van der Waals surface area contributed by atoms with Crippen molar-refractivity contribution < 1.29 is 0 Å². The Labute approximate surface area is 107 Å². The number of hydrogen-bond acceptors (Lipinski definition) is 3. The largest absolute Gasteiger partial charge is 0.379 e. The topological polar surface area (TPSA) is 24.9 Å². The fourth-order valence-electron chi connectivity index (χ4n) is 1.60. The maximum absolute atomic E-state index is 6.01. The predicted octanol–water partition coefficient (Wildman–Crippen LogP) is 3.81. The molecule has 0 spiro atoms. The molecule has 1 saturated heterocycles. The zero-order valence-corrected chi connectivity index (χ0v) is 11.3. The molecule has 0 amide bonds. The summed E-state index contributed by atoms with van der Waals surface area (Å²) in [6.07, 6.45) is 4.21. The normalized spacial score (nSPS) is 21.3. The van der Waals surface area contributed by atoms with Gasteiger partial charge in [-0.3, -0.25) is 0 Å². The first-order chi connectivity index (χ1) is 7.25. The number of hydrogen-bond donors (Lipinski definition) is 1. The maximum Gasteiger partial charge on any atom is 0.152 e. The summed E-state index contributed by atoms with van der Waals surface area (Å²) in [7, 11) is 0. The quantitative estimate of drug-likeness (QED) is 0.841. The number of anilines is 1. The monoisotopic (exact) mass is 306 g/mol. The van der Waals surface area contributed by atoms with Gasteiger partial charge in [0.15, 0.2) is 5.15 Å². The van der Waals surface area contributed by atoms with E-state index in [1.165, 1.54) is 18.6 Å². The van der Waals surface area contributed by atoms with E-state index in [9.17, 15) is 0 Å². The van der Waals surface area contributed by atoms with Gasteiger partial charge in [-0.25, -0.2) is 4.98 Å². The third-order valence-electron chi connectivity index (χ3n) is 2.33. The number of nitrogens with one attached hydrogen (secondary N) is 1. The van der Waals surface area contributed by atoms with E-state index in [1.54, 1.807) is 6.20 Å². The molecule has 1 unspecified atom stereocenters. The molecule has 1 aliphatic heterocycles. The Morgan fingerprint density at radius 3 is 3.20 bits per heavy atom. The number of thioether (sulfide) groups is 1. The van der Waals surface area contributed by atoms with Gasteiger partial charge in [-0.1, -0.05) is 11.6 Å². The summed E-state index contributed by atoms with van der Waals surface area (Å²) in [5.41, 5.74) is 0.929. The van der Waals surface area contributed by atoms with Crippen LogP contribution in [0, 0.1) is 0 Å². The van der Waals surface area contributed by atoms with Crippen LogP contribution in [0.1, 0.15) is 12.8 Å². The second kappa shape index (κ2) is 5.41. The van der Waals surface area contributed by atoms with Crippen LogP contribution < -0.4 is 5.32 Å². The van der Waals surface area contributed by atoms with Crippen molar-refractivity contribution in [3.05, 3.63) is 21.9 Å². The average Bonchev–Trinajstić information content (AvgIpc) is 2.25. The van der Waals surface area contributed by atoms with Crippen LogP contribution in [0.15, 0.2) is 16.7 Å². The molecule has 0 radical (unpaired) electrons. The van der Waals surface area contributed by atoms with Crippen LogP contribution in [0.4, 0.5) is 5.69 Å². The lowest BCUT2D eigenvalue weighted by atomic mass is 10.2. The van der Waals surface area contributed by atoms with Crippen LogP contribution in [-0.2, 0) is 0 Å². The molecule has 1 N–H and O–H groups in total. The summed E-state index contributed by atoms with van der Waals surface area (Å²) in [5.74, 6) is 2.44. The van der Waals surface area contributed by atoms with Gasteiger partial charge in [0.2, 0.25) is 0 Å². The number of aromatic nitrogens is 1. The van der Waals surface area contributed by atoms with Crippen molar-refractivity contribution in [1.29, 1.82) is 0 Å². The summed E-state index contributed by atoms with van der Waals surface area (Å²) in [5, 5.41) is 3.99. The second-order valence-corrected chi connectivity index (χ2v) is 5.97. The lowest BCUT2D eigenvalue weighted by Gasteiger charge is -2.23. The van der Waals surface area contributed by atoms with Crippen molar-refractivity contribution in [2.45, 2.75) is 18.9 Å². The third kappa shape index (κ3) is 3.26. The van der Waals surface area contributed by atoms with E-state index in [0.29, 0.717) is 11.2 Å². The van der Waals surface area contributed by atoms with Crippen molar-refractivity contribution in [1.82, 2.24) is 4.98 Å². The first-order valence-corrected chi connectivity index (χ1v) is 7.23. The number of rotatable bonds is 2. The van der Waals surface area contributed by atoms with Crippen LogP contribution in [0.2, 0.25) is 5.15 Å². The molecule has 1 aromatic heterocycles. The van der Waals surface area contributed by atoms with Gasteiger partial charge in [-0.05, 0) is 40.6 Å². The van der Waals surface area contributed by atoms with E-state index in [1.807, 2.05) is 17.8 Å². The molecule has 2 rings (SSSR count). The molecule has 1 atom stereocenters. The Hall–Kier alpha value is 0.0700. The van der Waals surface area contributed by atoms with Crippen LogP contribution in [0.3, 0.4) is 0 Å². The van der Waals surface area contributed by atoms with Crippen LogP contribution >= 0.6 is 39.3 Å². The highest BCUT2D eigenvalue weighted by Gasteiger charge is 2.14. The minimum absolute atomic E-state index is 0.525. The highest BCUT2D eigenvalue weighted by Crippen LogP contribution is 2.26. The SMILES string of the molecule is Clc1ncc(Br)cc1NC1CCCSC1. The van der Waals surface area contributed by atoms with Crippen molar-refractivity contribution in [2.24, 2.45) is 0 Å². The number of pyridine rings is 1. The number of halogens is 2. The molecule has 82 valence electrons. The Morgan fingerprint density at radius 1 is 1.60 bits per heavy atom. The van der Waals surface area contributed by atoms with E-state index in [0.717, 1.165) is 15.9 Å². The highest BCUT2D eigenvalue weighted by molar-refractivity contribution is 9.10. The molecule has 2 nitrogen and oxygen atoms in total. The molecule has 0 aliphatic carbocycles. The van der Waals surface area contributed by atoms with Gasteiger partial charge in [-0.15, -0.1) is 0 Å². The molecular formula is C10H12BrClN2S. The molecule has 0 saturated carbocycles. The van der Waals surface area contributed by atoms with Crippen molar-refractivity contribution in [2.75, 3.05) is 16.8 Å². The Bertz CT molecular complexity index is 342. The van der Waals surface area contributed by atoms with Crippen molar-refractivity contribution >= 4 is 45.0 Å². The van der Waals surface area contributed by atoms with Crippen LogP contribution in [0.5, 0.6) is 0 Å². The fourth-order valence-corrected chi connectivity index (χ4v) is 3.16. The highest BCUT2D eigenvalue weighted by atomic mass is 79.9. The molecule has 1 aromatic rings. The van der Waals surface area contributed by atoms with E-state index in [2.05, 4.69) is 26.2 Å². The van der Waals surface area contributed by atoms with Gasteiger partial charge in [0.25, 0.3) is 0 Å². The second-order valence-electron chi connectivity index (χ2n) is 3.55. The van der Waals surface area contributed by atoms with E-state index >= 15 is 0 Å². The van der Waals surface area contributed by atoms with Crippen LogP contribution in [-0.4, -0.2) is 22.5 Å². The van der Waals surface area contributed by atoms with Crippen molar-refractivity contribution in [3.8, 4) is 0 Å². The molecule has 2 heterocycles. The molecule has 15 heavy (non-hydrogen) atoms. The summed E-state index contributed by atoms with van der Waals surface area (Å²) in [6, 6.07) is 2.51. The lowest BCUT2D eigenvalue weighted by molar-refractivity contribution is 0.685. The minimum atomic E-state index is 0.525. The van der Waals surface area contributed by atoms with Crippen LogP contribution in [0.25, 0.3) is 0 Å². The minimum Gasteiger partial charge on any atom is -0.379 e. The summed E-state index contributed by atoms with van der Waals surface area (Å²) in [4.78, 5) is 4.09.